The zero-order chi connectivity index (χ0) is 12.2. The van der Waals surface area contributed by atoms with Gasteiger partial charge in [-0.15, -0.1) is 0 Å². The summed E-state index contributed by atoms with van der Waals surface area (Å²) in [4.78, 5) is 0.258. The third kappa shape index (κ3) is 3.55. The molecule has 0 saturated carbocycles. The molecule has 1 atom stereocenters. The number of ether oxygens (including phenoxy) is 1. The molecule has 0 aliphatic rings. The number of hydrogen-bond acceptors (Lipinski definition) is 4. The van der Waals surface area contributed by atoms with Crippen LogP contribution in [0.1, 0.15) is 6.92 Å². The van der Waals surface area contributed by atoms with Crippen LogP contribution in [0.25, 0.3) is 0 Å². The van der Waals surface area contributed by atoms with Crippen molar-refractivity contribution in [1.82, 2.24) is 0 Å². The normalized spacial score (nSPS) is 12.8. The van der Waals surface area contributed by atoms with Gasteiger partial charge in [-0.05, 0) is 31.2 Å². The fraction of sp³-hybridized carbons (Fsp3) is 0.364. The molecule has 0 aliphatic heterocycles. The van der Waals surface area contributed by atoms with Crippen LogP contribution in [-0.4, -0.2) is 21.3 Å². The van der Waals surface area contributed by atoms with Gasteiger partial charge in [0, 0.05) is 6.26 Å². The van der Waals surface area contributed by atoms with E-state index >= 15 is 0 Å². The summed E-state index contributed by atoms with van der Waals surface area (Å²) < 4.78 is 27.7. The monoisotopic (exact) mass is 239 g/mol. The minimum Gasteiger partial charge on any atom is -0.492 e. The van der Waals surface area contributed by atoms with Crippen LogP contribution in [-0.2, 0) is 9.84 Å². The highest BCUT2D eigenvalue weighted by molar-refractivity contribution is 7.90. The van der Waals surface area contributed by atoms with Crippen LogP contribution in [0.4, 0.5) is 0 Å². The van der Waals surface area contributed by atoms with Crippen LogP contribution in [0, 0.1) is 17.2 Å². The van der Waals surface area contributed by atoms with E-state index in [4.69, 9.17) is 10.00 Å². The molecule has 1 aromatic rings. The summed E-state index contributed by atoms with van der Waals surface area (Å²) >= 11 is 0. The predicted molar refractivity (Wildman–Crippen MR) is 59.8 cm³/mol. The van der Waals surface area contributed by atoms with Crippen LogP contribution in [0.15, 0.2) is 29.2 Å². The summed E-state index contributed by atoms with van der Waals surface area (Å²) in [6.07, 6.45) is 1.15. The smallest absolute Gasteiger partial charge is 0.175 e. The Hall–Kier alpha value is -1.54. The summed E-state index contributed by atoms with van der Waals surface area (Å²) in [6, 6.07) is 8.19. The molecule has 0 aliphatic carbocycles. The molecular formula is C11H13NO3S. The van der Waals surface area contributed by atoms with Crippen molar-refractivity contribution in [1.29, 1.82) is 5.26 Å². The first-order chi connectivity index (χ1) is 7.43. The average Bonchev–Trinajstić information content (AvgIpc) is 2.25. The summed E-state index contributed by atoms with van der Waals surface area (Å²) in [7, 11) is -3.16. The van der Waals surface area contributed by atoms with E-state index in [1.807, 2.05) is 6.07 Å². The maximum Gasteiger partial charge on any atom is 0.175 e. The van der Waals surface area contributed by atoms with Crippen LogP contribution in [0.3, 0.4) is 0 Å². The van der Waals surface area contributed by atoms with Gasteiger partial charge < -0.3 is 4.74 Å². The lowest BCUT2D eigenvalue weighted by molar-refractivity contribution is 0.288. The zero-order valence-corrected chi connectivity index (χ0v) is 9.99. The Balaban J connectivity index is 2.70. The summed E-state index contributed by atoms with van der Waals surface area (Å²) in [5.41, 5.74) is 0. The molecule has 0 aromatic heterocycles. The minimum atomic E-state index is -3.16. The van der Waals surface area contributed by atoms with Crippen molar-refractivity contribution in [2.75, 3.05) is 12.9 Å². The quantitative estimate of drug-likeness (QED) is 0.800. The molecule has 1 rings (SSSR count). The lowest BCUT2D eigenvalue weighted by Gasteiger charge is -2.07. The molecule has 0 heterocycles. The molecule has 0 radical (unpaired) electrons. The summed E-state index contributed by atoms with van der Waals surface area (Å²) in [5.74, 6) is 0.379. The number of benzene rings is 1. The molecule has 0 fully saturated rings. The van der Waals surface area contributed by atoms with Gasteiger partial charge in [0.05, 0.1) is 16.9 Å². The van der Waals surface area contributed by atoms with Crippen molar-refractivity contribution in [3.05, 3.63) is 24.3 Å². The lowest BCUT2D eigenvalue weighted by Crippen LogP contribution is -2.06. The molecule has 16 heavy (non-hydrogen) atoms. The second-order valence-corrected chi connectivity index (χ2v) is 5.60. The number of nitrogens with zero attached hydrogens (tertiary/aromatic N) is 1. The van der Waals surface area contributed by atoms with Crippen molar-refractivity contribution < 1.29 is 13.2 Å². The van der Waals surface area contributed by atoms with E-state index in [0.717, 1.165) is 6.26 Å². The summed E-state index contributed by atoms with van der Waals surface area (Å²) in [6.45, 7) is 2.06. The highest BCUT2D eigenvalue weighted by Gasteiger charge is 2.07. The van der Waals surface area contributed by atoms with Gasteiger partial charge in [0.25, 0.3) is 0 Å². The van der Waals surface area contributed by atoms with Crippen LogP contribution < -0.4 is 4.74 Å². The molecule has 5 heteroatoms. The van der Waals surface area contributed by atoms with E-state index in [1.165, 1.54) is 12.1 Å². The fourth-order valence-corrected chi connectivity index (χ4v) is 1.67. The van der Waals surface area contributed by atoms with Gasteiger partial charge in [-0.2, -0.15) is 5.26 Å². The standard InChI is InChI=1S/C11H13NO3S/c1-9(7-12)8-15-10-3-5-11(6-4-10)16(2,13)14/h3-6,9H,8H2,1-2H3. The Morgan fingerprint density at radius 3 is 2.38 bits per heavy atom. The van der Waals surface area contributed by atoms with Crippen molar-refractivity contribution in [3.8, 4) is 11.8 Å². The van der Waals surface area contributed by atoms with Gasteiger partial charge in [-0.25, -0.2) is 8.42 Å². The number of hydrogen-bond donors (Lipinski definition) is 0. The van der Waals surface area contributed by atoms with Crippen molar-refractivity contribution in [2.45, 2.75) is 11.8 Å². The van der Waals surface area contributed by atoms with Gasteiger partial charge in [0.1, 0.15) is 12.4 Å². The molecule has 0 bridgehead atoms. The maximum atomic E-state index is 11.2. The third-order valence-corrected chi connectivity index (χ3v) is 3.10. The molecule has 0 spiro atoms. The highest BCUT2D eigenvalue weighted by atomic mass is 32.2. The van der Waals surface area contributed by atoms with Gasteiger partial charge in [0.2, 0.25) is 0 Å². The molecule has 1 aromatic carbocycles. The van der Waals surface area contributed by atoms with Crippen LogP contribution in [0.5, 0.6) is 5.75 Å². The topological polar surface area (TPSA) is 67.2 Å². The molecule has 4 nitrogen and oxygen atoms in total. The van der Waals surface area contributed by atoms with E-state index in [-0.39, 0.29) is 10.8 Å². The maximum absolute atomic E-state index is 11.2. The van der Waals surface area contributed by atoms with Crippen molar-refractivity contribution >= 4 is 9.84 Å². The molecule has 86 valence electrons. The third-order valence-electron chi connectivity index (χ3n) is 1.97. The molecule has 0 N–H and O–H groups in total. The molecule has 0 amide bonds. The first kappa shape index (κ1) is 12.5. The van der Waals surface area contributed by atoms with Crippen LogP contribution in [0.2, 0.25) is 0 Å². The van der Waals surface area contributed by atoms with E-state index in [0.29, 0.717) is 12.4 Å². The van der Waals surface area contributed by atoms with Gasteiger partial charge in [0.15, 0.2) is 9.84 Å². The average molecular weight is 239 g/mol. The Kier molecular flexibility index (Phi) is 3.91. The number of rotatable bonds is 4. The number of sulfone groups is 1. The second kappa shape index (κ2) is 4.99. The molecular weight excluding hydrogens is 226 g/mol. The second-order valence-electron chi connectivity index (χ2n) is 3.58. The van der Waals surface area contributed by atoms with Crippen molar-refractivity contribution in [2.24, 2.45) is 5.92 Å². The molecule has 1 unspecified atom stereocenters. The molecule has 0 saturated heterocycles. The first-order valence-electron chi connectivity index (χ1n) is 4.76. The van der Waals surface area contributed by atoms with Gasteiger partial charge in [-0.1, -0.05) is 0 Å². The summed E-state index contributed by atoms with van der Waals surface area (Å²) in [5, 5.41) is 8.55. The Labute approximate surface area is 95.4 Å². The Morgan fingerprint density at radius 1 is 1.38 bits per heavy atom. The van der Waals surface area contributed by atoms with Gasteiger partial charge in [-0.3, -0.25) is 0 Å². The van der Waals surface area contributed by atoms with E-state index in [2.05, 4.69) is 0 Å². The minimum absolute atomic E-state index is 0.186. The van der Waals surface area contributed by atoms with E-state index in [9.17, 15) is 8.42 Å². The number of nitriles is 1. The lowest BCUT2D eigenvalue weighted by atomic mass is 10.2. The first-order valence-corrected chi connectivity index (χ1v) is 6.65. The predicted octanol–water partition coefficient (Wildman–Crippen LogP) is 1.63. The Bertz CT molecular complexity index is 485. The largest absolute Gasteiger partial charge is 0.492 e. The Morgan fingerprint density at radius 2 is 1.94 bits per heavy atom. The van der Waals surface area contributed by atoms with Gasteiger partial charge >= 0.3 is 0 Å². The zero-order valence-electron chi connectivity index (χ0n) is 9.17. The highest BCUT2D eigenvalue weighted by Crippen LogP contribution is 2.16. The SMILES string of the molecule is CC(C#N)COc1ccc(S(C)(=O)=O)cc1. The van der Waals surface area contributed by atoms with Crippen molar-refractivity contribution in [3.63, 3.8) is 0 Å². The van der Waals surface area contributed by atoms with E-state index in [1.54, 1.807) is 19.1 Å². The van der Waals surface area contributed by atoms with E-state index < -0.39 is 9.84 Å². The van der Waals surface area contributed by atoms with Crippen LogP contribution >= 0.6 is 0 Å². The fourth-order valence-electron chi connectivity index (χ4n) is 1.04.